The molecular weight excluding hydrogens is 286 g/mol. The second kappa shape index (κ2) is 6.17. The molecule has 96 valence electrons. The van der Waals surface area contributed by atoms with Gasteiger partial charge in [-0.1, -0.05) is 23.4 Å². The molecule has 9 heteroatoms. The van der Waals surface area contributed by atoms with Crippen LogP contribution in [0, 0.1) is 11.5 Å². The van der Waals surface area contributed by atoms with Crippen molar-refractivity contribution in [1.82, 2.24) is 25.9 Å². The van der Waals surface area contributed by atoms with Crippen molar-refractivity contribution in [3.8, 4) is 17.6 Å². The van der Waals surface area contributed by atoms with Gasteiger partial charge < -0.3 is 0 Å². The van der Waals surface area contributed by atoms with Gasteiger partial charge in [-0.15, -0.1) is 10.2 Å². The molecule has 0 amide bonds. The zero-order valence-corrected chi connectivity index (χ0v) is 11.3. The van der Waals surface area contributed by atoms with E-state index in [0.717, 1.165) is 0 Å². The Morgan fingerprint density at radius 3 is 3.05 bits per heavy atom. The first-order valence-corrected chi connectivity index (χ1v) is 6.66. The number of hydrogen-bond donors (Lipinski definition) is 2. The quantitative estimate of drug-likeness (QED) is 0.380. The number of nitrogens with one attached hydrogen (secondary N) is 2. The molecule has 0 aliphatic heterocycles. The molecule has 0 unspecified atom stereocenters. The summed E-state index contributed by atoms with van der Waals surface area (Å²) < 4.78 is 0. The van der Waals surface area contributed by atoms with Crippen molar-refractivity contribution in [2.75, 3.05) is 6.26 Å². The van der Waals surface area contributed by atoms with Crippen LogP contribution >= 0.6 is 23.4 Å². The lowest BCUT2D eigenvalue weighted by molar-refractivity contribution is 0.881. The zero-order chi connectivity index (χ0) is 13.7. The summed E-state index contributed by atoms with van der Waals surface area (Å²) in [6.07, 6.45) is 3.63. The number of hydrogen-bond acceptors (Lipinski definition) is 6. The SMILES string of the molecule is CSC(=Nc1cc(Cl)ccc1-c1nn[nH]n1)NC#N. The predicted molar refractivity (Wildman–Crippen MR) is 74.0 cm³/mol. The highest BCUT2D eigenvalue weighted by atomic mass is 35.5. The minimum atomic E-state index is 0.410. The van der Waals surface area contributed by atoms with Gasteiger partial charge in [-0.2, -0.15) is 10.5 Å². The van der Waals surface area contributed by atoms with Crippen LogP contribution in [0.3, 0.4) is 0 Å². The predicted octanol–water partition coefficient (Wildman–Crippen LogP) is 1.94. The number of aromatic nitrogens is 4. The fourth-order valence-corrected chi connectivity index (χ4v) is 1.85. The molecule has 0 spiro atoms. The van der Waals surface area contributed by atoms with Crippen molar-refractivity contribution in [1.29, 1.82) is 5.26 Å². The van der Waals surface area contributed by atoms with E-state index in [1.807, 2.05) is 12.4 Å². The summed E-state index contributed by atoms with van der Waals surface area (Å²) in [4.78, 5) is 4.32. The topological polar surface area (TPSA) is 103 Å². The molecular formula is C10H8ClN7S. The Hall–Kier alpha value is -2.11. The van der Waals surface area contributed by atoms with E-state index in [-0.39, 0.29) is 0 Å². The van der Waals surface area contributed by atoms with Gasteiger partial charge in [0.2, 0.25) is 5.82 Å². The normalized spacial score (nSPS) is 11.1. The smallest absolute Gasteiger partial charge is 0.206 e. The third kappa shape index (κ3) is 3.21. The molecule has 2 N–H and O–H groups in total. The third-order valence-corrected chi connectivity index (χ3v) is 2.94. The van der Waals surface area contributed by atoms with E-state index in [1.54, 1.807) is 18.2 Å². The summed E-state index contributed by atoms with van der Waals surface area (Å²) >= 11 is 7.27. The average molecular weight is 294 g/mol. The van der Waals surface area contributed by atoms with Gasteiger partial charge in [0.15, 0.2) is 11.4 Å². The average Bonchev–Trinajstić information content (AvgIpc) is 2.92. The van der Waals surface area contributed by atoms with Crippen LogP contribution in [-0.2, 0) is 0 Å². The number of tetrazole rings is 1. The molecule has 0 saturated heterocycles. The Bertz CT molecular complexity index is 632. The highest BCUT2D eigenvalue weighted by Crippen LogP contribution is 2.30. The Balaban J connectivity index is 2.50. The summed E-state index contributed by atoms with van der Waals surface area (Å²) in [5, 5.41) is 25.8. The van der Waals surface area contributed by atoms with Crippen molar-refractivity contribution >= 4 is 34.2 Å². The molecule has 7 nitrogen and oxygen atoms in total. The minimum absolute atomic E-state index is 0.410. The Labute approximate surface area is 118 Å². The van der Waals surface area contributed by atoms with Gasteiger partial charge in [0.05, 0.1) is 5.69 Å². The number of nitrogens with zero attached hydrogens (tertiary/aromatic N) is 5. The summed E-state index contributed by atoms with van der Waals surface area (Å²) in [5.74, 6) is 0.410. The largest absolute Gasteiger partial charge is 0.271 e. The maximum absolute atomic E-state index is 8.63. The van der Waals surface area contributed by atoms with E-state index in [9.17, 15) is 0 Å². The number of aliphatic imine (C=N–C) groups is 1. The monoisotopic (exact) mass is 293 g/mol. The van der Waals surface area contributed by atoms with Crippen LogP contribution in [0.15, 0.2) is 23.2 Å². The van der Waals surface area contributed by atoms with Crippen LogP contribution in [0.1, 0.15) is 0 Å². The Morgan fingerprint density at radius 1 is 1.58 bits per heavy atom. The summed E-state index contributed by atoms with van der Waals surface area (Å²) in [6, 6.07) is 5.13. The number of thioether (sulfide) groups is 1. The number of benzene rings is 1. The summed E-state index contributed by atoms with van der Waals surface area (Å²) in [5.41, 5.74) is 1.23. The second-order valence-electron chi connectivity index (χ2n) is 3.25. The van der Waals surface area contributed by atoms with Gasteiger partial charge in [-0.25, -0.2) is 4.99 Å². The van der Waals surface area contributed by atoms with Crippen LogP contribution in [0.2, 0.25) is 5.02 Å². The van der Waals surface area contributed by atoms with Gasteiger partial charge in [-0.05, 0) is 29.7 Å². The summed E-state index contributed by atoms with van der Waals surface area (Å²) in [6.45, 7) is 0. The Kier molecular flexibility index (Phi) is 4.33. The van der Waals surface area contributed by atoms with E-state index in [4.69, 9.17) is 16.9 Å². The number of rotatable bonds is 2. The molecule has 0 bridgehead atoms. The third-order valence-electron chi connectivity index (χ3n) is 2.12. The fraction of sp³-hybridized carbons (Fsp3) is 0.100. The number of nitriles is 1. The molecule has 0 aliphatic carbocycles. The second-order valence-corrected chi connectivity index (χ2v) is 4.49. The first-order valence-electron chi connectivity index (χ1n) is 5.05. The molecule has 0 saturated carbocycles. The van der Waals surface area contributed by atoms with Gasteiger partial charge in [0, 0.05) is 10.6 Å². The van der Waals surface area contributed by atoms with Crippen LogP contribution < -0.4 is 5.32 Å². The highest BCUT2D eigenvalue weighted by molar-refractivity contribution is 8.13. The molecule has 2 aromatic rings. The van der Waals surface area contributed by atoms with E-state index in [1.165, 1.54) is 11.8 Å². The van der Waals surface area contributed by atoms with Crippen molar-refractivity contribution in [2.45, 2.75) is 0 Å². The molecule has 1 heterocycles. The zero-order valence-electron chi connectivity index (χ0n) is 9.75. The number of amidine groups is 1. The van der Waals surface area contributed by atoms with Crippen LogP contribution in [0.5, 0.6) is 0 Å². The number of H-pyrrole nitrogens is 1. The highest BCUT2D eigenvalue weighted by Gasteiger charge is 2.10. The fourth-order valence-electron chi connectivity index (χ4n) is 1.34. The first-order chi connectivity index (χ1) is 9.24. The molecule has 19 heavy (non-hydrogen) atoms. The maximum atomic E-state index is 8.63. The van der Waals surface area contributed by atoms with Crippen LogP contribution in [0.25, 0.3) is 11.4 Å². The molecule has 0 radical (unpaired) electrons. The standard InChI is InChI=1S/C10H8ClN7S/c1-19-10(13-5-12)14-8-4-6(11)2-3-7(8)9-15-17-18-16-9/h2-4H,1H3,(H,13,14)(H,15,16,17,18). The lowest BCUT2D eigenvalue weighted by Gasteiger charge is -2.04. The van der Waals surface area contributed by atoms with Crippen LogP contribution in [0.4, 0.5) is 5.69 Å². The van der Waals surface area contributed by atoms with Crippen molar-refractivity contribution in [3.05, 3.63) is 23.2 Å². The molecule has 1 aromatic carbocycles. The maximum Gasteiger partial charge on any atom is 0.206 e. The van der Waals surface area contributed by atoms with Crippen molar-refractivity contribution in [2.24, 2.45) is 4.99 Å². The van der Waals surface area contributed by atoms with Crippen LogP contribution in [-0.4, -0.2) is 32.0 Å². The van der Waals surface area contributed by atoms with Gasteiger partial charge in [0.1, 0.15) is 0 Å². The van der Waals surface area contributed by atoms with Crippen molar-refractivity contribution in [3.63, 3.8) is 0 Å². The molecule has 0 fully saturated rings. The number of aromatic amines is 1. The van der Waals surface area contributed by atoms with Crippen molar-refractivity contribution < 1.29 is 0 Å². The van der Waals surface area contributed by atoms with E-state index in [2.05, 4.69) is 30.9 Å². The van der Waals surface area contributed by atoms with Gasteiger partial charge in [-0.3, -0.25) is 5.32 Å². The number of halogens is 1. The van der Waals surface area contributed by atoms with E-state index < -0.39 is 0 Å². The molecule has 0 aliphatic rings. The first kappa shape index (κ1) is 13.3. The molecule has 1 aromatic heterocycles. The Morgan fingerprint density at radius 2 is 2.42 bits per heavy atom. The minimum Gasteiger partial charge on any atom is -0.271 e. The molecule has 0 atom stereocenters. The lowest BCUT2D eigenvalue weighted by Crippen LogP contribution is -2.12. The van der Waals surface area contributed by atoms with Gasteiger partial charge >= 0.3 is 0 Å². The lowest BCUT2D eigenvalue weighted by atomic mass is 10.2. The summed E-state index contributed by atoms with van der Waals surface area (Å²) in [7, 11) is 0. The van der Waals surface area contributed by atoms with E-state index in [0.29, 0.717) is 27.3 Å². The van der Waals surface area contributed by atoms with E-state index >= 15 is 0 Å². The van der Waals surface area contributed by atoms with Gasteiger partial charge in [0.25, 0.3) is 0 Å². The molecule has 2 rings (SSSR count).